The van der Waals surface area contributed by atoms with Gasteiger partial charge in [0.2, 0.25) is 0 Å². The molecule has 122 valence electrons. The first-order valence-corrected chi connectivity index (χ1v) is 8.74. The number of rotatable bonds is 0. The van der Waals surface area contributed by atoms with E-state index < -0.39 is 12.3 Å². The number of allylic oxidation sites excluding steroid dienone is 3. The summed E-state index contributed by atoms with van der Waals surface area (Å²) in [5.41, 5.74) is -0.203. The maximum atomic E-state index is 14.2. The zero-order valence-electron chi connectivity index (χ0n) is 13.5. The number of hydrogen-bond donors (Lipinski definition) is 2. The van der Waals surface area contributed by atoms with Crippen molar-refractivity contribution in [2.24, 2.45) is 34.5 Å². The number of hydrogen-bond acceptors (Lipinski definition) is 2. The molecule has 4 rings (SSSR count). The minimum Gasteiger partial charge on any atom is -0.390 e. The Morgan fingerprint density at radius 1 is 1.05 bits per heavy atom. The predicted octanol–water partition coefficient (Wildman–Crippen LogP) is 3.25. The number of fused-ring (bicyclic) bond motifs is 5. The van der Waals surface area contributed by atoms with E-state index in [1.54, 1.807) is 0 Å². The van der Waals surface area contributed by atoms with Crippen molar-refractivity contribution in [2.45, 2.75) is 57.9 Å². The van der Waals surface area contributed by atoms with E-state index in [1.807, 2.05) is 6.08 Å². The monoisotopic (exact) mass is 306 g/mol. The van der Waals surface area contributed by atoms with E-state index in [4.69, 9.17) is 0 Å². The molecule has 22 heavy (non-hydrogen) atoms. The minimum atomic E-state index is -1.07. The first kappa shape index (κ1) is 14.9. The summed E-state index contributed by atoms with van der Waals surface area (Å²) >= 11 is 0. The zero-order chi connectivity index (χ0) is 15.7. The van der Waals surface area contributed by atoms with Gasteiger partial charge in [-0.1, -0.05) is 38.2 Å². The lowest BCUT2D eigenvalue weighted by Gasteiger charge is -2.56. The quantitative estimate of drug-likeness (QED) is 0.675. The fourth-order valence-electron chi connectivity index (χ4n) is 6.12. The molecule has 3 heteroatoms. The van der Waals surface area contributed by atoms with Gasteiger partial charge in [-0.25, -0.2) is 4.39 Å². The molecule has 2 fully saturated rings. The Hall–Kier alpha value is -0.670. The van der Waals surface area contributed by atoms with Crippen LogP contribution in [0.15, 0.2) is 24.3 Å². The largest absolute Gasteiger partial charge is 0.390 e. The molecule has 0 amide bonds. The normalized spacial score (nSPS) is 59.8. The van der Waals surface area contributed by atoms with Gasteiger partial charge in [0.25, 0.3) is 0 Å². The van der Waals surface area contributed by atoms with Crippen LogP contribution in [-0.2, 0) is 0 Å². The molecule has 0 aliphatic heterocycles. The zero-order valence-corrected chi connectivity index (χ0v) is 13.5. The molecule has 2 N–H and O–H groups in total. The number of alkyl halides is 1. The molecule has 0 heterocycles. The van der Waals surface area contributed by atoms with Gasteiger partial charge in [-0.3, -0.25) is 0 Å². The van der Waals surface area contributed by atoms with Crippen molar-refractivity contribution >= 4 is 0 Å². The van der Waals surface area contributed by atoms with Gasteiger partial charge in [-0.2, -0.15) is 0 Å². The van der Waals surface area contributed by atoms with Crippen LogP contribution in [0.2, 0.25) is 0 Å². The van der Waals surface area contributed by atoms with Crippen LogP contribution in [-0.4, -0.2) is 28.6 Å². The molecular weight excluding hydrogens is 279 g/mol. The first-order chi connectivity index (χ1) is 10.4. The molecule has 0 bridgehead atoms. The predicted molar refractivity (Wildman–Crippen MR) is 83.8 cm³/mol. The molecule has 2 nitrogen and oxygen atoms in total. The van der Waals surface area contributed by atoms with Gasteiger partial charge in [-0.05, 0) is 60.2 Å². The van der Waals surface area contributed by atoms with E-state index in [2.05, 4.69) is 32.1 Å². The van der Waals surface area contributed by atoms with Gasteiger partial charge >= 0.3 is 0 Å². The smallest absolute Gasteiger partial charge is 0.127 e. The molecule has 0 aromatic heterocycles. The van der Waals surface area contributed by atoms with Crippen LogP contribution >= 0.6 is 0 Å². The van der Waals surface area contributed by atoms with E-state index >= 15 is 0 Å². The summed E-state index contributed by atoms with van der Waals surface area (Å²) in [6.45, 7) is 4.39. The molecule has 0 spiro atoms. The Morgan fingerprint density at radius 2 is 1.82 bits per heavy atom. The summed E-state index contributed by atoms with van der Waals surface area (Å²) < 4.78 is 14.2. The molecule has 2 saturated carbocycles. The maximum absolute atomic E-state index is 14.2. The van der Waals surface area contributed by atoms with Gasteiger partial charge in [-0.15, -0.1) is 0 Å². The van der Waals surface area contributed by atoms with E-state index in [0.29, 0.717) is 24.2 Å². The van der Waals surface area contributed by atoms with Gasteiger partial charge < -0.3 is 10.2 Å². The number of halogens is 1. The average Bonchev–Trinajstić information content (AvgIpc) is 2.72. The van der Waals surface area contributed by atoms with Crippen molar-refractivity contribution in [2.75, 3.05) is 0 Å². The lowest BCUT2D eigenvalue weighted by atomic mass is 9.48. The van der Waals surface area contributed by atoms with Crippen molar-refractivity contribution in [3.05, 3.63) is 24.3 Å². The van der Waals surface area contributed by atoms with Crippen molar-refractivity contribution < 1.29 is 14.6 Å². The van der Waals surface area contributed by atoms with Crippen molar-refractivity contribution in [1.82, 2.24) is 0 Å². The fraction of sp³-hybridized carbons (Fsp3) is 0.789. The molecule has 9 atom stereocenters. The van der Waals surface area contributed by atoms with Crippen LogP contribution < -0.4 is 0 Å². The second kappa shape index (κ2) is 4.67. The molecule has 0 saturated heterocycles. The second-order valence-corrected chi connectivity index (χ2v) is 8.55. The summed E-state index contributed by atoms with van der Waals surface area (Å²) in [6.07, 6.45) is 9.74. The fourth-order valence-corrected chi connectivity index (χ4v) is 6.12. The van der Waals surface area contributed by atoms with E-state index in [-0.39, 0.29) is 22.9 Å². The molecule has 0 aromatic rings. The Balaban J connectivity index is 1.71. The standard InChI is InChI=1S/C19H27FO2/c1-18-7-5-12(21)9-11(18)3-4-13-14(18)6-8-19(2)15(13)10-16(20)17(19)22/h3-5,7,11-17,21-22H,6,8-10H2,1-2H3/t11-,12+,13-,14+,15+,16+,17-,18+,19+/m1/s1. The maximum Gasteiger partial charge on any atom is 0.127 e. The Labute approximate surface area is 132 Å². The SMILES string of the molecule is C[C@]12C=C[C@H](O)C[C@H]1C=C[C@@H]1[C@@H]2CC[C@]2(C)[C@H](O)[C@@H](F)C[C@@H]12. The highest BCUT2D eigenvalue weighted by molar-refractivity contribution is 5.24. The summed E-state index contributed by atoms with van der Waals surface area (Å²) in [5.74, 6) is 1.48. The summed E-state index contributed by atoms with van der Waals surface area (Å²) in [7, 11) is 0. The summed E-state index contributed by atoms with van der Waals surface area (Å²) in [6, 6.07) is 0. The average molecular weight is 306 g/mol. The number of aliphatic hydroxyl groups is 2. The highest BCUT2D eigenvalue weighted by atomic mass is 19.1. The van der Waals surface area contributed by atoms with Crippen LogP contribution in [0, 0.1) is 34.5 Å². The van der Waals surface area contributed by atoms with Gasteiger partial charge in [0.05, 0.1) is 12.2 Å². The molecule has 0 unspecified atom stereocenters. The van der Waals surface area contributed by atoms with Gasteiger partial charge in [0.1, 0.15) is 6.17 Å². The van der Waals surface area contributed by atoms with Crippen molar-refractivity contribution in [3.63, 3.8) is 0 Å². The Morgan fingerprint density at radius 3 is 2.59 bits per heavy atom. The van der Waals surface area contributed by atoms with Crippen LogP contribution in [0.1, 0.15) is 39.5 Å². The first-order valence-electron chi connectivity index (χ1n) is 8.74. The topological polar surface area (TPSA) is 40.5 Å². The van der Waals surface area contributed by atoms with Gasteiger partial charge in [0, 0.05) is 0 Å². The van der Waals surface area contributed by atoms with Crippen molar-refractivity contribution in [3.8, 4) is 0 Å². The lowest BCUT2D eigenvalue weighted by Crippen LogP contribution is -2.51. The third kappa shape index (κ3) is 1.78. The minimum absolute atomic E-state index is 0.0688. The summed E-state index contributed by atoms with van der Waals surface area (Å²) in [4.78, 5) is 0. The van der Waals surface area contributed by atoms with E-state index in [1.165, 1.54) is 0 Å². The van der Waals surface area contributed by atoms with Crippen LogP contribution in [0.3, 0.4) is 0 Å². The number of aliphatic hydroxyl groups excluding tert-OH is 2. The van der Waals surface area contributed by atoms with Crippen LogP contribution in [0.5, 0.6) is 0 Å². The third-order valence-corrected chi connectivity index (χ3v) is 7.60. The highest BCUT2D eigenvalue weighted by Gasteiger charge is 2.60. The van der Waals surface area contributed by atoms with Crippen molar-refractivity contribution in [1.29, 1.82) is 0 Å². The second-order valence-electron chi connectivity index (χ2n) is 8.55. The van der Waals surface area contributed by atoms with Gasteiger partial charge in [0.15, 0.2) is 0 Å². The van der Waals surface area contributed by atoms with E-state index in [9.17, 15) is 14.6 Å². The lowest BCUT2D eigenvalue weighted by molar-refractivity contribution is -0.0651. The third-order valence-electron chi connectivity index (χ3n) is 7.60. The molecular formula is C19H27FO2. The van der Waals surface area contributed by atoms with Crippen LogP contribution in [0.4, 0.5) is 4.39 Å². The molecule has 4 aliphatic rings. The Kier molecular flexibility index (Phi) is 3.16. The molecule has 0 aromatic carbocycles. The Bertz CT molecular complexity index is 530. The van der Waals surface area contributed by atoms with E-state index in [0.717, 1.165) is 19.3 Å². The highest BCUT2D eigenvalue weighted by Crippen LogP contribution is 2.63. The van der Waals surface area contributed by atoms with Crippen LogP contribution in [0.25, 0.3) is 0 Å². The molecule has 4 aliphatic carbocycles. The summed E-state index contributed by atoms with van der Waals surface area (Å²) in [5, 5.41) is 20.2. The molecule has 0 radical (unpaired) electrons.